The van der Waals surface area contributed by atoms with E-state index in [-0.39, 0.29) is 35.9 Å². The highest BCUT2D eigenvalue weighted by Crippen LogP contribution is 2.39. The fraction of sp³-hybridized carbons (Fsp3) is 0.500. The van der Waals surface area contributed by atoms with Crippen molar-refractivity contribution in [3.8, 4) is 11.5 Å². The first kappa shape index (κ1) is 15.9. The molecular weight excluding hydrogens is 322 g/mol. The number of hydrogen-bond donors (Lipinski definition) is 0. The fourth-order valence-corrected chi connectivity index (χ4v) is 3.11. The van der Waals surface area contributed by atoms with Gasteiger partial charge in [0.25, 0.3) is 5.91 Å². The molecule has 0 aliphatic carbocycles. The maximum absolute atomic E-state index is 12.2. The SMILES string of the molecule is C[C@H]1CCCCN1C(=O)COC(=O)c1cc(Cl)c2c(c1)OCO2. The summed E-state index contributed by atoms with van der Waals surface area (Å²) in [4.78, 5) is 26.1. The van der Waals surface area contributed by atoms with Crippen LogP contribution in [0.4, 0.5) is 0 Å². The maximum Gasteiger partial charge on any atom is 0.338 e. The van der Waals surface area contributed by atoms with Gasteiger partial charge in [0.15, 0.2) is 18.1 Å². The maximum atomic E-state index is 12.2. The molecule has 0 N–H and O–H groups in total. The van der Waals surface area contributed by atoms with Crippen molar-refractivity contribution in [1.29, 1.82) is 0 Å². The van der Waals surface area contributed by atoms with Gasteiger partial charge in [0.05, 0.1) is 10.6 Å². The lowest BCUT2D eigenvalue weighted by molar-refractivity contribution is -0.137. The molecule has 2 aliphatic rings. The van der Waals surface area contributed by atoms with E-state index in [0.29, 0.717) is 18.0 Å². The molecule has 0 aromatic heterocycles. The minimum atomic E-state index is -0.608. The van der Waals surface area contributed by atoms with Crippen LogP contribution >= 0.6 is 11.6 Å². The van der Waals surface area contributed by atoms with Crippen LogP contribution in [-0.2, 0) is 9.53 Å². The summed E-state index contributed by atoms with van der Waals surface area (Å²) < 4.78 is 15.5. The number of fused-ring (bicyclic) bond motifs is 1. The smallest absolute Gasteiger partial charge is 0.338 e. The molecule has 3 rings (SSSR count). The molecule has 0 saturated carbocycles. The highest BCUT2D eigenvalue weighted by atomic mass is 35.5. The van der Waals surface area contributed by atoms with Gasteiger partial charge in [-0.1, -0.05) is 11.6 Å². The third-order valence-corrected chi connectivity index (χ3v) is 4.39. The summed E-state index contributed by atoms with van der Waals surface area (Å²) >= 11 is 6.03. The predicted octanol–water partition coefficient (Wildman–Crippen LogP) is 2.63. The van der Waals surface area contributed by atoms with E-state index in [1.54, 1.807) is 4.90 Å². The molecule has 1 fully saturated rings. The molecule has 6 nitrogen and oxygen atoms in total. The lowest BCUT2D eigenvalue weighted by Crippen LogP contribution is -2.44. The molecule has 1 aromatic rings. The number of carbonyl (C=O) groups excluding carboxylic acids is 2. The van der Waals surface area contributed by atoms with Gasteiger partial charge >= 0.3 is 5.97 Å². The van der Waals surface area contributed by atoms with Gasteiger partial charge in [-0.15, -0.1) is 0 Å². The van der Waals surface area contributed by atoms with Crippen LogP contribution in [0.3, 0.4) is 0 Å². The molecule has 1 atom stereocenters. The summed E-state index contributed by atoms with van der Waals surface area (Å²) in [6.07, 6.45) is 3.10. The van der Waals surface area contributed by atoms with E-state index in [1.165, 1.54) is 12.1 Å². The molecule has 7 heteroatoms. The predicted molar refractivity (Wildman–Crippen MR) is 82.9 cm³/mol. The van der Waals surface area contributed by atoms with Crippen molar-refractivity contribution in [2.24, 2.45) is 0 Å². The fourth-order valence-electron chi connectivity index (χ4n) is 2.85. The monoisotopic (exact) mass is 339 g/mol. The van der Waals surface area contributed by atoms with E-state index in [2.05, 4.69) is 0 Å². The lowest BCUT2D eigenvalue weighted by atomic mass is 10.0. The minimum Gasteiger partial charge on any atom is -0.454 e. The summed E-state index contributed by atoms with van der Waals surface area (Å²) in [6.45, 7) is 2.53. The molecule has 2 aliphatic heterocycles. The van der Waals surface area contributed by atoms with Gasteiger partial charge < -0.3 is 19.1 Å². The second-order valence-electron chi connectivity index (χ2n) is 5.70. The van der Waals surface area contributed by atoms with Gasteiger partial charge in [-0.2, -0.15) is 0 Å². The zero-order valence-corrected chi connectivity index (χ0v) is 13.6. The molecule has 1 aromatic carbocycles. The van der Waals surface area contributed by atoms with Gasteiger partial charge in [0.1, 0.15) is 0 Å². The van der Waals surface area contributed by atoms with Crippen LogP contribution in [0.15, 0.2) is 12.1 Å². The number of carbonyl (C=O) groups is 2. The van der Waals surface area contributed by atoms with Crippen molar-refractivity contribution in [3.05, 3.63) is 22.7 Å². The molecular formula is C16H18ClNO5. The first-order valence-corrected chi connectivity index (χ1v) is 8.00. The number of hydrogen-bond acceptors (Lipinski definition) is 5. The normalized spacial score (nSPS) is 19.6. The van der Waals surface area contributed by atoms with E-state index in [1.807, 2.05) is 6.92 Å². The number of benzene rings is 1. The largest absolute Gasteiger partial charge is 0.454 e. The Balaban J connectivity index is 1.61. The average Bonchev–Trinajstić information content (AvgIpc) is 3.01. The quantitative estimate of drug-likeness (QED) is 0.792. The van der Waals surface area contributed by atoms with Crippen LogP contribution in [-0.4, -0.2) is 42.8 Å². The Kier molecular flexibility index (Phi) is 4.61. The first-order chi connectivity index (χ1) is 11.1. The summed E-state index contributed by atoms with van der Waals surface area (Å²) in [6, 6.07) is 3.14. The third-order valence-electron chi connectivity index (χ3n) is 4.11. The molecule has 1 saturated heterocycles. The zero-order valence-electron chi connectivity index (χ0n) is 12.8. The van der Waals surface area contributed by atoms with Crippen LogP contribution in [0.1, 0.15) is 36.5 Å². The molecule has 0 spiro atoms. The molecule has 1 amide bonds. The lowest BCUT2D eigenvalue weighted by Gasteiger charge is -2.33. The first-order valence-electron chi connectivity index (χ1n) is 7.62. The Bertz CT molecular complexity index is 633. The summed E-state index contributed by atoms with van der Waals surface area (Å²) in [5.41, 5.74) is 0.235. The van der Waals surface area contributed by atoms with E-state index < -0.39 is 5.97 Å². The van der Waals surface area contributed by atoms with E-state index >= 15 is 0 Å². The van der Waals surface area contributed by atoms with Crippen LogP contribution < -0.4 is 9.47 Å². The molecule has 2 heterocycles. The number of halogens is 1. The molecule has 124 valence electrons. The van der Waals surface area contributed by atoms with Crippen molar-refractivity contribution < 1.29 is 23.8 Å². The Morgan fingerprint density at radius 1 is 1.35 bits per heavy atom. The van der Waals surface area contributed by atoms with E-state index in [0.717, 1.165) is 19.3 Å². The highest BCUT2D eigenvalue weighted by Gasteiger charge is 2.25. The number of piperidine rings is 1. The number of nitrogens with zero attached hydrogens (tertiary/aromatic N) is 1. The van der Waals surface area contributed by atoms with Crippen molar-refractivity contribution in [3.63, 3.8) is 0 Å². The number of ether oxygens (including phenoxy) is 3. The Hall–Kier alpha value is -1.95. The number of esters is 1. The number of amides is 1. The third kappa shape index (κ3) is 3.37. The number of likely N-dealkylation sites (tertiary alicyclic amines) is 1. The molecule has 0 bridgehead atoms. The standard InChI is InChI=1S/C16H18ClNO5/c1-10-4-2-3-5-18(10)14(19)8-21-16(20)11-6-12(17)15-13(7-11)22-9-23-15/h6-7,10H,2-5,8-9H2,1H3/t10-/m0/s1. The van der Waals surface area contributed by atoms with Crippen LogP contribution in [0.25, 0.3) is 0 Å². The van der Waals surface area contributed by atoms with Gasteiger partial charge in [0.2, 0.25) is 6.79 Å². The van der Waals surface area contributed by atoms with E-state index in [9.17, 15) is 9.59 Å². The summed E-state index contributed by atoms with van der Waals surface area (Å²) in [7, 11) is 0. The van der Waals surface area contributed by atoms with Crippen molar-refractivity contribution in [2.75, 3.05) is 19.9 Å². The Morgan fingerprint density at radius 3 is 2.96 bits per heavy atom. The van der Waals surface area contributed by atoms with Gasteiger partial charge in [-0.05, 0) is 38.3 Å². The summed E-state index contributed by atoms with van der Waals surface area (Å²) in [5, 5.41) is 0.280. The topological polar surface area (TPSA) is 65.1 Å². The minimum absolute atomic E-state index is 0.0683. The van der Waals surface area contributed by atoms with Crippen LogP contribution in [0.2, 0.25) is 5.02 Å². The van der Waals surface area contributed by atoms with Crippen LogP contribution in [0.5, 0.6) is 11.5 Å². The molecule has 0 unspecified atom stereocenters. The molecule has 23 heavy (non-hydrogen) atoms. The Labute approximate surface area is 139 Å². The van der Waals surface area contributed by atoms with Gasteiger partial charge in [-0.3, -0.25) is 4.79 Å². The van der Waals surface area contributed by atoms with Crippen molar-refractivity contribution >= 4 is 23.5 Å². The summed E-state index contributed by atoms with van der Waals surface area (Å²) in [5.74, 6) is 0.0440. The highest BCUT2D eigenvalue weighted by molar-refractivity contribution is 6.32. The number of rotatable bonds is 3. The van der Waals surface area contributed by atoms with Gasteiger partial charge in [-0.25, -0.2) is 4.79 Å². The second kappa shape index (κ2) is 6.66. The molecule has 0 radical (unpaired) electrons. The van der Waals surface area contributed by atoms with E-state index in [4.69, 9.17) is 25.8 Å². The Morgan fingerprint density at radius 2 is 2.17 bits per heavy atom. The second-order valence-corrected chi connectivity index (χ2v) is 6.11. The van der Waals surface area contributed by atoms with Gasteiger partial charge in [0, 0.05) is 12.6 Å². The van der Waals surface area contributed by atoms with Crippen LogP contribution in [0, 0.1) is 0 Å². The zero-order chi connectivity index (χ0) is 16.4. The van der Waals surface area contributed by atoms with Crippen molar-refractivity contribution in [1.82, 2.24) is 4.90 Å². The average molecular weight is 340 g/mol. The van der Waals surface area contributed by atoms with Crippen molar-refractivity contribution in [2.45, 2.75) is 32.2 Å².